The summed E-state index contributed by atoms with van der Waals surface area (Å²) in [5, 5.41) is 3.00. The SMILES string of the molecule is CSC1(CNC(=O)C(C)CN)CCOCC1.Cl. The van der Waals surface area contributed by atoms with Gasteiger partial charge < -0.3 is 15.8 Å². The maximum Gasteiger partial charge on any atom is 0.224 e. The molecule has 1 aliphatic heterocycles. The van der Waals surface area contributed by atoms with Crippen molar-refractivity contribution in [3.05, 3.63) is 0 Å². The molecule has 0 aromatic heterocycles. The van der Waals surface area contributed by atoms with Crippen LogP contribution in [0.15, 0.2) is 0 Å². The number of rotatable bonds is 5. The number of nitrogens with one attached hydrogen (secondary N) is 1. The number of halogens is 1. The van der Waals surface area contributed by atoms with Gasteiger partial charge in [-0.1, -0.05) is 6.92 Å². The summed E-state index contributed by atoms with van der Waals surface area (Å²) in [5.74, 6) is -0.0406. The van der Waals surface area contributed by atoms with E-state index >= 15 is 0 Å². The van der Waals surface area contributed by atoms with Gasteiger partial charge in [-0.25, -0.2) is 0 Å². The molecular weight excluding hydrogens is 260 g/mol. The molecule has 0 aromatic carbocycles. The van der Waals surface area contributed by atoms with Crippen LogP contribution in [0, 0.1) is 5.92 Å². The van der Waals surface area contributed by atoms with Gasteiger partial charge in [-0.2, -0.15) is 11.8 Å². The second-order valence-corrected chi connectivity index (χ2v) is 5.63. The Bertz CT molecular complexity index is 236. The van der Waals surface area contributed by atoms with E-state index in [9.17, 15) is 4.79 Å². The number of hydrogen-bond donors (Lipinski definition) is 2. The van der Waals surface area contributed by atoms with Crippen molar-refractivity contribution in [2.45, 2.75) is 24.5 Å². The number of amides is 1. The minimum absolute atomic E-state index is 0. The van der Waals surface area contributed by atoms with Crippen molar-refractivity contribution in [1.29, 1.82) is 0 Å². The molecule has 1 heterocycles. The first kappa shape index (κ1) is 17.0. The highest BCUT2D eigenvalue weighted by molar-refractivity contribution is 8.00. The van der Waals surface area contributed by atoms with Gasteiger partial charge in [-0.15, -0.1) is 12.4 Å². The van der Waals surface area contributed by atoms with Crippen molar-refractivity contribution in [3.8, 4) is 0 Å². The highest BCUT2D eigenvalue weighted by Gasteiger charge is 2.32. The topological polar surface area (TPSA) is 64.4 Å². The molecule has 4 nitrogen and oxygen atoms in total. The van der Waals surface area contributed by atoms with Crippen LogP contribution in [-0.4, -0.2) is 43.2 Å². The van der Waals surface area contributed by atoms with E-state index in [4.69, 9.17) is 10.5 Å². The van der Waals surface area contributed by atoms with Gasteiger partial charge in [0.05, 0.1) is 0 Å². The van der Waals surface area contributed by atoms with Gasteiger partial charge in [0, 0.05) is 37.0 Å². The minimum Gasteiger partial charge on any atom is -0.381 e. The molecule has 0 radical (unpaired) electrons. The van der Waals surface area contributed by atoms with Crippen molar-refractivity contribution >= 4 is 30.1 Å². The van der Waals surface area contributed by atoms with Crippen LogP contribution in [0.3, 0.4) is 0 Å². The molecule has 0 spiro atoms. The predicted molar refractivity (Wildman–Crippen MR) is 74.8 cm³/mol. The zero-order chi connectivity index (χ0) is 12.0. The second kappa shape index (κ2) is 8.19. The smallest absolute Gasteiger partial charge is 0.224 e. The van der Waals surface area contributed by atoms with Crippen LogP contribution < -0.4 is 11.1 Å². The Kier molecular flexibility index (Phi) is 8.20. The Morgan fingerprint density at radius 3 is 2.59 bits per heavy atom. The van der Waals surface area contributed by atoms with E-state index in [0.717, 1.165) is 32.6 Å². The molecule has 1 atom stereocenters. The molecule has 3 N–H and O–H groups in total. The first-order valence-corrected chi connectivity index (χ1v) is 6.97. The lowest BCUT2D eigenvalue weighted by Gasteiger charge is -2.35. The van der Waals surface area contributed by atoms with E-state index in [2.05, 4.69) is 11.6 Å². The Hall–Kier alpha value is 0.0300. The van der Waals surface area contributed by atoms with Gasteiger partial charge >= 0.3 is 0 Å². The predicted octanol–water partition coefficient (Wildman–Crippen LogP) is 1.03. The summed E-state index contributed by atoms with van der Waals surface area (Å²) in [4.78, 5) is 11.6. The van der Waals surface area contributed by atoms with Crippen molar-refractivity contribution in [3.63, 3.8) is 0 Å². The summed E-state index contributed by atoms with van der Waals surface area (Å²) in [5.41, 5.74) is 5.46. The largest absolute Gasteiger partial charge is 0.381 e. The van der Waals surface area contributed by atoms with Gasteiger partial charge in [-0.3, -0.25) is 4.79 Å². The van der Waals surface area contributed by atoms with Gasteiger partial charge in [0.15, 0.2) is 0 Å². The van der Waals surface area contributed by atoms with Crippen molar-refractivity contribution in [1.82, 2.24) is 5.32 Å². The van der Waals surface area contributed by atoms with E-state index < -0.39 is 0 Å². The lowest BCUT2D eigenvalue weighted by molar-refractivity contribution is -0.124. The number of carbonyl (C=O) groups excluding carboxylic acids is 1. The zero-order valence-electron chi connectivity index (χ0n) is 10.5. The Morgan fingerprint density at radius 2 is 2.12 bits per heavy atom. The Labute approximate surface area is 114 Å². The Balaban J connectivity index is 0.00000256. The molecule has 1 unspecified atom stereocenters. The number of hydrogen-bond acceptors (Lipinski definition) is 4. The lowest BCUT2D eigenvalue weighted by atomic mass is 9.98. The van der Waals surface area contributed by atoms with Crippen molar-refractivity contribution < 1.29 is 9.53 Å². The average Bonchev–Trinajstić information content (AvgIpc) is 2.36. The van der Waals surface area contributed by atoms with Gasteiger partial charge in [0.2, 0.25) is 5.91 Å². The van der Waals surface area contributed by atoms with Crippen LogP contribution >= 0.6 is 24.2 Å². The third-order valence-corrected chi connectivity index (χ3v) is 4.64. The highest BCUT2D eigenvalue weighted by Crippen LogP contribution is 2.32. The number of thioether (sulfide) groups is 1. The molecule has 0 aromatic rings. The van der Waals surface area contributed by atoms with E-state index in [1.165, 1.54) is 0 Å². The van der Waals surface area contributed by atoms with Gasteiger partial charge in [0.25, 0.3) is 0 Å². The Morgan fingerprint density at radius 1 is 1.53 bits per heavy atom. The summed E-state index contributed by atoms with van der Waals surface area (Å²) in [6, 6.07) is 0. The maximum atomic E-state index is 11.6. The number of ether oxygens (including phenoxy) is 1. The van der Waals surface area contributed by atoms with E-state index in [1.807, 2.05) is 18.7 Å². The quantitative estimate of drug-likeness (QED) is 0.791. The molecule has 1 aliphatic rings. The summed E-state index contributed by atoms with van der Waals surface area (Å²) in [6.45, 7) is 4.57. The number of nitrogens with two attached hydrogens (primary N) is 1. The second-order valence-electron chi connectivity index (χ2n) is 4.35. The van der Waals surface area contributed by atoms with Crippen LogP contribution in [0.2, 0.25) is 0 Å². The monoisotopic (exact) mass is 282 g/mol. The molecular formula is C11H23ClN2O2S. The van der Waals surface area contributed by atoms with E-state index in [-0.39, 0.29) is 29.0 Å². The standard InChI is InChI=1S/C11H22N2O2S.ClH/c1-9(7-12)10(14)13-8-11(16-2)3-5-15-6-4-11;/h9H,3-8,12H2,1-2H3,(H,13,14);1H. The van der Waals surface area contributed by atoms with Crippen LogP contribution in [0.5, 0.6) is 0 Å². The summed E-state index contributed by atoms with van der Waals surface area (Å²) in [6.07, 6.45) is 4.11. The van der Waals surface area contributed by atoms with E-state index in [1.54, 1.807) is 0 Å². The molecule has 102 valence electrons. The van der Waals surface area contributed by atoms with Gasteiger partial charge in [0.1, 0.15) is 0 Å². The summed E-state index contributed by atoms with van der Waals surface area (Å²) >= 11 is 1.83. The molecule has 1 fully saturated rings. The molecule has 0 saturated carbocycles. The van der Waals surface area contributed by atoms with Crippen LogP contribution in [0.4, 0.5) is 0 Å². The van der Waals surface area contributed by atoms with Crippen molar-refractivity contribution in [2.75, 3.05) is 32.6 Å². The third-order valence-electron chi connectivity index (χ3n) is 3.22. The molecule has 0 bridgehead atoms. The molecule has 17 heavy (non-hydrogen) atoms. The minimum atomic E-state index is -0.0984. The normalized spacial score (nSPS) is 20.2. The van der Waals surface area contributed by atoms with Gasteiger partial charge in [-0.05, 0) is 19.1 Å². The molecule has 0 aliphatic carbocycles. The highest BCUT2D eigenvalue weighted by atomic mass is 35.5. The molecule has 1 saturated heterocycles. The van der Waals surface area contributed by atoms with E-state index in [0.29, 0.717) is 6.54 Å². The van der Waals surface area contributed by atoms with Crippen molar-refractivity contribution in [2.24, 2.45) is 11.7 Å². The fourth-order valence-electron chi connectivity index (χ4n) is 1.73. The van der Waals surface area contributed by atoms with Crippen LogP contribution in [0.25, 0.3) is 0 Å². The average molecular weight is 283 g/mol. The third kappa shape index (κ3) is 5.04. The maximum absolute atomic E-state index is 11.6. The summed E-state index contributed by atoms with van der Waals surface area (Å²) in [7, 11) is 0. The first-order valence-electron chi connectivity index (χ1n) is 5.74. The van der Waals surface area contributed by atoms with Crippen LogP contribution in [-0.2, 0) is 9.53 Å². The first-order chi connectivity index (χ1) is 7.63. The lowest BCUT2D eigenvalue weighted by Crippen LogP contribution is -2.46. The molecule has 1 amide bonds. The summed E-state index contributed by atoms with van der Waals surface area (Å²) < 4.78 is 5.51. The fourth-order valence-corrected chi connectivity index (χ4v) is 2.52. The number of carbonyl (C=O) groups is 1. The van der Waals surface area contributed by atoms with Crippen LogP contribution in [0.1, 0.15) is 19.8 Å². The fraction of sp³-hybridized carbons (Fsp3) is 0.909. The molecule has 6 heteroatoms. The molecule has 1 rings (SSSR count). The zero-order valence-corrected chi connectivity index (χ0v) is 12.2.